The van der Waals surface area contributed by atoms with Crippen LogP contribution in [0.4, 0.5) is 5.13 Å². The van der Waals surface area contributed by atoms with Gasteiger partial charge >= 0.3 is 0 Å². The summed E-state index contributed by atoms with van der Waals surface area (Å²) in [6.45, 7) is 0. The topological polar surface area (TPSA) is 42.0 Å². The first kappa shape index (κ1) is 10.1. The second-order valence-electron chi connectivity index (χ2n) is 2.72. The molecular formula is C10H8N2OS2. The summed E-state index contributed by atoms with van der Waals surface area (Å²) >= 11 is 3.00. The summed E-state index contributed by atoms with van der Waals surface area (Å²) < 4.78 is 0. The van der Waals surface area contributed by atoms with Crippen LogP contribution in [-0.4, -0.2) is 10.9 Å². The molecule has 0 saturated heterocycles. The lowest BCUT2D eigenvalue weighted by Gasteiger charge is -1.94. The number of hydrogen-bond donors (Lipinski definition) is 1. The molecule has 0 aliphatic heterocycles. The largest absolute Gasteiger partial charge is 0.298 e. The first-order valence-corrected chi connectivity index (χ1v) is 6.07. The number of amides is 1. The first-order chi connectivity index (χ1) is 7.34. The minimum atomic E-state index is -0.156. The van der Waals surface area contributed by atoms with Crippen molar-refractivity contribution in [3.8, 4) is 0 Å². The lowest BCUT2D eigenvalue weighted by Crippen LogP contribution is -2.06. The number of thiazole rings is 1. The van der Waals surface area contributed by atoms with Crippen LogP contribution in [0.3, 0.4) is 0 Å². The van der Waals surface area contributed by atoms with Crippen LogP contribution in [0.1, 0.15) is 5.56 Å². The highest BCUT2D eigenvalue weighted by molar-refractivity contribution is 7.13. The molecule has 0 atom stereocenters. The third kappa shape index (κ3) is 3.00. The van der Waals surface area contributed by atoms with Gasteiger partial charge in [-0.15, -0.1) is 11.3 Å². The first-order valence-electron chi connectivity index (χ1n) is 4.25. The molecule has 0 aliphatic carbocycles. The zero-order chi connectivity index (χ0) is 10.5. The van der Waals surface area contributed by atoms with Gasteiger partial charge in [0, 0.05) is 17.7 Å². The van der Waals surface area contributed by atoms with Crippen LogP contribution >= 0.6 is 22.7 Å². The summed E-state index contributed by atoms with van der Waals surface area (Å²) in [5.74, 6) is -0.156. The average molecular weight is 236 g/mol. The minimum Gasteiger partial charge on any atom is -0.298 e. The number of nitrogens with one attached hydrogen (secondary N) is 1. The third-order valence-corrected chi connectivity index (χ3v) is 3.02. The van der Waals surface area contributed by atoms with Crippen LogP contribution in [0, 0.1) is 0 Å². The fourth-order valence-corrected chi connectivity index (χ4v) is 2.13. The second-order valence-corrected chi connectivity index (χ2v) is 4.39. The Kier molecular flexibility index (Phi) is 3.26. The Bertz CT molecular complexity index is 446. The minimum absolute atomic E-state index is 0.156. The maximum atomic E-state index is 11.4. The normalized spacial score (nSPS) is 10.7. The van der Waals surface area contributed by atoms with Gasteiger partial charge in [0.05, 0.1) is 0 Å². The van der Waals surface area contributed by atoms with Gasteiger partial charge in [-0.3, -0.25) is 10.1 Å². The van der Waals surface area contributed by atoms with Gasteiger partial charge in [-0.2, -0.15) is 11.3 Å². The van der Waals surface area contributed by atoms with Crippen molar-refractivity contribution in [3.05, 3.63) is 40.0 Å². The Morgan fingerprint density at radius 2 is 2.40 bits per heavy atom. The van der Waals surface area contributed by atoms with Crippen LogP contribution in [0.2, 0.25) is 0 Å². The highest BCUT2D eigenvalue weighted by Crippen LogP contribution is 2.11. The summed E-state index contributed by atoms with van der Waals surface area (Å²) in [4.78, 5) is 15.3. The van der Waals surface area contributed by atoms with Gasteiger partial charge in [-0.1, -0.05) is 0 Å². The molecule has 0 unspecified atom stereocenters. The van der Waals surface area contributed by atoms with Crippen molar-refractivity contribution in [2.45, 2.75) is 0 Å². The van der Waals surface area contributed by atoms with Gasteiger partial charge in [-0.25, -0.2) is 4.98 Å². The van der Waals surface area contributed by atoms with Crippen molar-refractivity contribution in [1.82, 2.24) is 4.98 Å². The van der Waals surface area contributed by atoms with Gasteiger partial charge in [0.25, 0.3) is 0 Å². The zero-order valence-corrected chi connectivity index (χ0v) is 9.35. The average Bonchev–Trinajstić information content (AvgIpc) is 2.86. The van der Waals surface area contributed by atoms with E-state index in [2.05, 4.69) is 10.3 Å². The van der Waals surface area contributed by atoms with Crippen LogP contribution in [0.5, 0.6) is 0 Å². The van der Waals surface area contributed by atoms with E-state index < -0.39 is 0 Å². The third-order valence-electron chi connectivity index (χ3n) is 1.63. The van der Waals surface area contributed by atoms with Crippen molar-refractivity contribution >= 4 is 39.8 Å². The molecule has 3 nitrogen and oxygen atoms in total. The molecule has 0 aromatic carbocycles. The molecule has 0 fully saturated rings. The summed E-state index contributed by atoms with van der Waals surface area (Å²) in [6.07, 6.45) is 4.94. The second kappa shape index (κ2) is 4.86. The molecule has 0 bridgehead atoms. The molecule has 5 heteroatoms. The molecule has 2 aromatic rings. The van der Waals surface area contributed by atoms with Crippen molar-refractivity contribution in [2.24, 2.45) is 0 Å². The number of anilines is 1. The van der Waals surface area contributed by atoms with Crippen LogP contribution < -0.4 is 5.32 Å². The van der Waals surface area contributed by atoms with Gasteiger partial charge in [-0.05, 0) is 28.5 Å². The van der Waals surface area contributed by atoms with E-state index in [1.807, 2.05) is 22.2 Å². The smallest absolute Gasteiger partial charge is 0.250 e. The highest BCUT2D eigenvalue weighted by Gasteiger charge is 1.98. The van der Waals surface area contributed by atoms with Crippen molar-refractivity contribution in [2.75, 3.05) is 5.32 Å². The number of carbonyl (C=O) groups excluding carboxylic acids is 1. The number of aromatic nitrogens is 1. The Balaban J connectivity index is 1.93. The maximum absolute atomic E-state index is 11.4. The molecule has 2 rings (SSSR count). The van der Waals surface area contributed by atoms with Crippen LogP contribution in [-0.2, 0) is 4.79 Å². The van der Waals surface area contributed by atoms with Crippen LogP contribution in [0.15, 0.2) is 34.5 Å². The predicted molar refractivity (Wildman–Crippen MR) is 64.1 cm³/mol. The van der Waals surface area contributed by atoms with E-state index in [1.165, 1.54) is 17.4 Å². The summed E-state index contributed by atoms with van der Waals surface area (Å²) in [7, 11) is 0. The number of carbonyl (C=O) groups is 1. The van der Waals surface area contributed by atoms with E-state index in [0.717, 1.165) is 5.56 Å². The highest BCUT2D eigenvalue weighted by atomic mass is 32.1. The van der Waals surface area contributed by atoms with Crippen molar-refractivity contribution < 1.29 is 4.79 Å². The van der Waals surface area contributed by atoms with Gasteiger partial charge < -0.3 is 0 Å². The molecular weight excluding hydrogens is 228 g/mol. The van der Waals surface area contributed by atoms with Gasteiger partial charge in [0.1, 0.15) is 0 Å². The Morgan fingerprint density at radius 1 is 1.47 bits per heavy atom. The summed E-state index contributed by atoms with van der Waals surface area (Å²) in [6, 6.07) is 1.96. The van der Waals surface area contributed by atoms with Crippen molar-refractivity contribution in [1.29, 1.82) is 0 Å². The lowest BCUT2D eigenvalue weighted by molar-refractivity contribution is -0.111. The predicted octanol–water partition coefficient (Wildman–Crippen LogP) is 2.86. The SMILES string of the molecule is O=C(C=Cc1ccsc1)Nc1nccs1. The molecule has 0 aliphatic rings. The maximum Gasteiger partial charge on any atom is 0.250 e. The standard InChI is InChI=1S/C10H8N2OS2/c13-9(12-10-11-4-6-15-10)2-1-8-3-5-14-7-8/h1-7H,(H,11,12,13). The Morgan fingerprint density at radius 3 is 3.07 bits per heavy atom. The van der Waals surface area contributed by atoms with Crippen LogP contribution in [0.25, 0.3) is 6.08 Å². The number of hydrogen-bond acceptors (Lipinski definition) is 4. The molecule has 15 heavy (non-hydrogen) atoms. The quantitative estimate of drug-likeness (QED) is 0.833. The Labute approximate surface area is 95.1 Å². The number of thiophene rings is 1. The monoisotopic (exact) mass is 236 g/mol. The zero-order valence-electron chi connectivity index (χ0n) is 7.71. The van der Waals surface area contributed by atoms with E-state index >= 15 is 0 Å². The molecule has 1 amide bonds. The van der Waals surface area contributed by atoms with Gasteiger partial charge in [0.15, 0.2) is 5.13 Å². The number of rotatable bonds is 3. The number of nitrogens with zero attached hydrogens (tertiary/aromatic N) is 1. The molecule has 0 radical (unpaired) electrons. The Hall–Kier alpha value is -1.46. The van der Waals surface area contributed by atoms with E-state index in [0.29, 0.717) is 5.13 Å². The molecule has 1 N–H and O–H groups in total. The summed E-state index contributed by atoms with van der Waals surface area (Å²) in [5.41, 5.74) is 1.04. The summed E-state index contributed by atoms with van der Waals surface area (Å²) in [5, 5.41) is 9.06. The molecule has 2 heterocycles. The molecule has 2 aromatic heterocycles. The fraction of sp³-hybridized carbons (Fsp3) is 0. The van der Waals surface area contributed by atoms with E-state index in [4.69, 9.17) is 0 Å². The van der Waals surface area contributed by atoms with E-state index in [-0.39, 0.29) is 5.91 Å². The van der Waals surface area contributed by atoms with Gasteiger partial charge in [0.2, 0.25) is 5.91 Å². The molecule has 76 valence electrons. The lowest BCUT2D eigenvalue weighted by atomic mass is 10.3. The van der Waals surface area contributed by atoms with E-state index in [9.17, 15) is 4.79 Å². The van der Waals surface area contributed by atoms with Crippen molar-refractivity contribution in [3.63, 3.8) is 0 Å². The van der Waals surface area contributed by atoms with E-state index in [1.54, 1.807) is 23.6 Å². The molecule has 0 saturated carbocycles. The fourth-order valence-electron chi connectivity index (χ4n) is 0.974. The molecule has 0 spiro atoms.